The van der Waals surface area contributed by atoms with Crippen LogP contribution >= 0.6 is 0 Å². The second-order valence-corrected chi connectivity index (χ2v) is 5.76. The molecule has 24 heavy (non-hydrogen) atoms. The quantitative estimate of drug-likeness (QED) is 0.715. The van der Waals surface area contributed by atoms with Crippen molar-refractivity contribution in [3.63, 3.8) is 0 Å². The van der Waals surface area contributed by atoms with E-state index in [-0.39, 0.29) is 6.10 Å². The van der Waals surface area contributed by atoms with Crippen molar-refractivity contribution in [3.05, 3.63) is 59.4 Å². The first kappa shape index (κ1) is 16.1. The lowest BCUT2D eigenvalue weighted by atomic mass is 10.2. The Morgan fingerprint density at radius 3 is 2.71 bits per heavy atom. The Balaban J connectivity index is 1.88. The summed E-state index contributed by atoms with van der Waals surface area (Å²) >= 11 is 0. The van der Waals surface area contributed by atoms with Crippen LogP contribution in [0.1, 0.15) is 36.9 Å². The zero-order chi connectivity index (χ0) is 17.1. The van der Waals surface area contributed by atoms with Gasteiger partial charge in [0.05, 0.1) is 18.1 Å². The molecule has 0 unspecified atom stereocenters. The molecule has 0 spiro atoms. The molecule has 2 aromatic carbocycles. The number of benzene rings is 2. The maximum Gasteiger partial charge on any atom is 0.162 e. The van der Waals surface area contributed by atoms with Crippen LogP contribution in [0.15, 0.2) is 42.5 Å². The Labute approximate surface area is 142 Å². The van der Waals surface area contributed by atoms with Crippen LogP contribution in [-0.2, 0) is 0 Å². The van der Waals surface area contributed by atoms with Crippen LogP contribution in [0.2, 0.25) is 0 Å². The first-order valence-electron chi connectivity index (χ1n) is 8.05. The number of nitrogens with zero attached hydrogens (tertiary/aromatic N) is 1. The first-order valence-corrected chi connectivity index (χ1v) is 8.05. The van der Waals surface area contributed by atoms with Crippen LogP contribution in [-0.4, -0.2) is 17.1 Å². The van der Waals surface area contributed by atoms with E-state index in [1.807, 2.05) is 56.3 Å². The minimum absolute atomic E-state index is 0.210. The molecule has 1 heterocycles. The van der Waals surface area contributed by atoms with Gasteiger partial charge in [-0.2, -0.15) is 0 Å². The lowest BCUT2D eigenvalue weighted by Gasteiger charge is -2.15. The van der Waals surface area contributed by atoms with Gasteiger partial charge in [0, 0.05) is 0 Å². The van der Waals surface area contributed by atoms with E-state index in [2.05, 4.69) is 23.0 Å². The van der Waals surface area contributed by atoms with E-state index < -0.39 is 0 Å². The van der Waals surface area contributed by atoms with Crippen molar-refractivity contribution in [3.8, 4) is 11.5 Å². The van der Waals surface area contributed by atoms with Crippen LogP contribution in [0.4, 0.5) is 0 Å². The fraction of sp³-hybridized carbons (Fsp3) is 0.250. The Hall–Kier alpha value is -2.75. The highest BCUT2D eigenvalue weighted by Gasteiger charge is 2.15. The molecular formula is C20H22N2O2. The third-order valence-corrected chi connectivity index (χ3v) is 3.97. The number of allylic oxidation sites excluding steroid dienone is 1. The van der Waals surface area contributed by atoms with Crippen molar-refractivity contribution >= 4 is 17.1 Å². The predicted molar refractivity (Wildman–Crippen MR) is 97.6 cm³/mol. The molecule has 0 saturated carbocycles. The summed E-state index contributed by atoms with van der Waals surface area (Å²) in [7, 11) is 1.65. The SMILES string of the molecule is C/C=C/c1ccc(O[C@H](C)c2nc3c(C)cccc3[nH]2)c(OC)c1. The van der Waals surface area contributed by atoms with Gasteiger partial charge in [0.15, 0.2) is 17.6 Å². The van der Waals surface area contributed by atoms with Gasteiger partial charge in [0.2, 0.25) is 0 Å². The van der Waals surface area contributed by atoms with Crippen molar-refractivity contribution in [1.82, 2.24) is 9.97 Å². The van der Waals surface area contributed by atoms with Gasteiger partial charge >= 0.3 is 0 Å². The topological polar surface area (TPSA) is 47.1 Å². The molecule has 0 radical (unpaired) electrons. The fourth-order valence-electron chi connectivity index (χ4n) is 2.71. The number of imidazole rings is 1. The highest BCUT2D eigenvalue weighted by molar-refractivity contribution is 5.78. The average molecular weight is 322 g/mol. The van der Waals surface area contributed by atoms with E-state index >= 15 is 0 Å². The monoisotopic (exact) mass is 322 g/mol. The summed E-state index contributed by atoms with van der Waals surface area (Å²) in [5.41, 5.74) is 4.23. The van der Waals surface area contributed by atoms with E-state index in [9.17, 15) is 0 Å². The molecule has 0 amide bonds. The highest BCUT2D eigenvalue weighted by atomic mass is 16.5. The average Bonchev–Trinajstić information content (AvgIpc) is 3.02. The Kier molecular flexibility index (Phi) is 4.56. The lowest BCUT2D eigenvalue weighted by Crippen LogP contribution is -2.06. The summed E-state index contributed by atoms with van der Waals surface area (Å²) in [5.74, 6) is 2.22. The van der Waals surface area contributed by atoms with Gasteiger partial charge in [-0.1, -0.05) is 30.4 Å². The number of aromatic amines is 1. The maximum absolute atomic E-state index is 6.08. The minimum atomic E-state index is -0.210. The second kappa shape index (κ2) is 6.79. The molecule has 0 aliphatic rings. The molecule has 124 valence electrons. The number of aryl methyl sites for hydroxylation is 1. The number of hydrogen-bond donors (Lipinski definition) is 1. The third-order valence-electron chi connectivity index (χ3n) is 3.97. The molecular weight excluding hydrogens is 300 g/mol. The molecule has 1 atom stereocenters. The number of H-pyrrole nitrogens is 1. The lowest BCUT2D eigenvalue weighted by molar-refractivity contribution is 0.208. The Morgan fingerprint density at radius 1 is 1.17 bits per heavy atom. The summed E-state index contributed by atoms with van der Waals surface area (Å²) in [6.45, 7) is 6.02. The minimum Gasteiger partial charge on any atom is -0.493 e. The number of rotatable bonds is 5. The Bertz CT molecular complexity index is 880. The number of methoxy groups -OCH3 is 1. The summed E-state index contributed by atoms with van der Waals surface area (Å²) in [5, 5.41) is 0. The maximum atomic E-state index is 6.08. The predicted octanol–water partition coefficient (Wildman–Crippen LogP) is 5.05. The smallest absolute Gasteiger partial charge is 0.162 e. The fourth-order valence-corrected chi connectivity index (χ4v) is 2.71. The number of para-hydroxylation sites is 1. The van der Waals surface area contributed by atoms with Crippen molar-refractivity contribution in [1.29, 1.82) is 0 Å². The molecule has 0 fully saturated rings. The van der Waals surface area contributed by atoms with Gasteiger partial charge in [-0.15, -0.1) is 0 Å². The third kappa shape index (κ3) is 3.13. The normalized spacial score (nSPS) is 12.7. The molecule has 1 aromatic heterocycles. The number of fused-ring (bicyclic) bond motifs is 1. The zero-order valence-corrected chi connectivity index (χ0v) is 14.5. The number of aromatic nitrogens is 2. The first-order chi connectivity index (χ1) is 11.6. The zero-order valence-electron chi connectivity index (χ0n) is 14.5. The van der Waals surface area contributed by atoms with E-state index in [0.29, 0.717) is 11.5 Å². The number of nitrogens with one attached hydrogen (secondary N) is 1. The van der Waals surface area contributed by atoms with Gasteiger partial charge in [0.1, 0.15) is 5.82 Å². The van der Waals surface area contributed by atoms with Crippen molar-refractivity contribution in [2.45, 2.75) is 26.9 Å². The van der Waals surface area contributed by atoms with Crippen LogP contribution in [0.5, 0.6) is 11.5 Å². The second-order valence-electron chi connectivity index (χ2n) is 5.76. The molecule has 0 bridgehead atoms. The van der Waals surface area contributed by atoms with Gasteiger partial charge in [0.25, 0.3) is 0 Å². The summed E-state index contributed by atoms with van der Waals surface area (Å²) in [6.07, 6.45) is 3.81. The van der Waals surface area contributed by atoms with Crippen molar-refractivity contribution in [2.75, 3.05) is 7.11 Å². The largest absolute Gasteiger partial charge is 0.493 e. The van der Waals surface area contributed by atoms with E-state index in [4.69, 9.17) is 9.47 Å². The van der Waals surface area contributed by atoms with Gasteiger partial charge in [-0.05, 0) is 50.1 Å². The molecule has 0 aliphatic heterocycles. The van der Waals surface area contributed by atoms with Crippen LogP contribution in [0.3, 0.4) is 0 Å². The number of ether oxygens (including phenoxy) is 2. The molecule has 0 saturated heterocycles. The van der Waals surface area contributed by atoms with Crippen LogP contribution in [0, 0.1) is 6.92 Å². The van der Waals surface area contributed by atoms with Crippen molar-refractivity contribution in [2.24, 2.45) is 0 Å². The molecule has 4 heteroatoms. The molecule has 1 N–H and O–H groups in total. The summed E-state index contributed by atoms with van der Waals surface area (Å²) in [4.78, 5) is 8.02. The number of hydrogen-bond acceptors (Lipinski definition) is 3. The molecule has 3 rings (SSSR count). The van der Waals surface area contributed by atoms with Crippen LogP contribution in [0.25, 0.3) is 17.1 Å². The van der Waals surface area contributed by atoms with E-state index in [1.165, 1.54) is 0 Å². The molecule has 4 nitrogen and oxygen atoms in total. The molecule has 0 aliphatic carbocycles. The van der Waals surface area contributed by atoms with Gasteiger partial charge in [-0.25, -0.2) is 4.98 Å². The van der Waals surface area contributed by atoms with E-state index in [0.717, 1.165) is 28.0 Å². The highest BCUT2D eigenvalue weighted by Crippen LogP contribution is 2.32. The standard InChI is InChI=1S/C20H22N2O2/c1-5-7-15-10-11-17(18(12-15)23-4)24-14(3)20-21-16-9-6-8-13(2)19(16)22-20/h5-12,14H,1-4H3,(H,21,22)/b7-5+/t14-/m1/s1. The van der Waals surface area contributed by atoms with Gasteiger partial charge in [-0.3, -0.25) is 0 Å². The van der Waals surface area contributed by atoms with Crippen LogP contribution < -0.4 is 9.47 Å². The van der Waals surface area contributed by atoms with Gasteiger partial charge < -0.3 is 14.5 Å². The summed E-state index contributed by atoms with van der Waals surface area (Å²) in [6, 6.07) is 12.0. The Morgan fingerprint density at radius 2 is 2.00 bits per heavy atom. The van der Waals surface area contributed by atoms with E-state index in [1.54, 1.807) is 7.11 Å². The molecule has 3 aromatic rings. The summed E-state index contributed by atoms with van der Waals surface area (Å²) < 4.78 is 11.5. The van der Waals surface area contributed by atoms with Crippen molar-refractivity contribution < 1.29 is 9.47 Å².